The summed E-state index contributed by atoms with van der Waals surface area (Å²) >= 11 is 1.71. The molecule has 0 aliphatic rings. The fraction of sp³-hybridized carbons (Fsp3) is 0.200. The number of rotatable bonds is 5. The highest BCUT2D eigenvalue weighted by Crippen LogP contribution is 2.23. The molecule has 0 aliphatic carbocycles. The van der Waals surface area contributed by atoms with Gasteiger partial charge in [0, 0.05) is 16.8 Å². The molecule has 1 aromatic carbocycles. The third kappa shape index (κ3) is 4.10. The Kier molecular flexibility index (Phi) is 4.58. The van der Waals surface area contributed by atoms with Crippen LogP contribution in [0.4, 0.5) is 0 Å². The number of hydrogen-bond donors (Lipinski definition) is 1. The van der Waals surface area contributed by atoms with Gasteiger partial charge in [0.15, 0.2) is 0 Å². The predicted octanol–water partition coefficient (Wildman–Crippen LogP) is 3.31. The number of aryl methyl sites for hydroxylation is 1. The maximum atomic E-state index is 10.6. The van der Waals surface area contributed by atoms with E-state index in [9.17, 15) is 4.79 Å². The number of aliphatic carboxylic acids is 1. The molecule has 1 aromatic heterocycles. The van der Waals surface area contributed by atoms with Crippen LogP contribution in [-0.2, 0) is 17.0 Å². The van der Waals surface area contributed by atoms with E-state index in [-0.39, 0.29) is 6.42 Å². The van der Waals surface area contributed by atoms with Gasteiger partial charge >= 0.3 is 5.97 Å². The van der Waals surface area contributed by atoms with Gasteiger partial charge < -0.3 is 5.11 Å². The fourth-order valence-corrected chi connectivity index (χ4v) is 2.63. The Morgan fingerprint density at radius 1 is 1.26 bits per heavy atom. The van der Waals surface area contributed by atoms with Crippen molar-refractivity contribution >= 4 is 17.7 Å². The number of carboxylic acid groups (broad SMARTS) is 1. The van der Waals surface area contributed by atoms with Crippen LogP contribution >= 0.6 is 11.8 Å². The van der Waals surface area contributed by atoms with Gasteiger partial charge in [0.2, 0.25) is 0 Å². The summed E-state index contributed by atoms with van der Waals surface area (Å²) in [5, 5.41) is 8.71. The van der Waals surface area contributed by atoms with Crippen LogP contribution in [0.3, 0.4) is 0 Å². The van der Waals surface area contributed by atoms with Crippen molar-refractivity contribution in [2.75, 3.05) is 0 Å². The summed E-state index contributed by atoms with van der Waals surface area (Å²) in [6.07, 6.45) is 1.88. The highest BCUT2D eigenvalue weighted by Gasteiger charge is 2.03. The van der Waals surface area contributed by atoms with Crippen molar-refractivity contribution in [3.63, 3.8) is 0 Å². The number of nitrogens with zero attached hydrogens (tertiary/aromatic N) is 1. The number of thioether (sulfide) groups is 1. The number of aromatic nitrogens is 1. The Balaban J connectivity index is 1.97. The summed E-state index contributed by atoms with van der Waals surface area (Å²) in [5.74, 6) is 0.0230. The van der Waals surface area contributed by atoms with E-state index in [0.717, 1.165) is 21.9 Å². The molecule has 0 fully saturated rings. The molecule has 19 heavy (non-hydrogen) atoms. The van der Waals surface area contributed by atoms with Crippen LogP contribution in [0.2, 0.25) is 0 Å². The van der Waals surface area contributed by atoms with Crippen LogP contribution < -0.4 is 0 Å². The Hall–Kier alpha value is -1.81. The lowest BCUT2D eigenvalue weighted by Crippen LogP contribution is -1.99. The van der Waals surface area contributed by atoms with Gasteiger partial charge in [-0.05, 0) is 36.2 Å². The van der Waals surface area contributed by atoms with Crippen LogP contribution in [0.15, 0.2) is 47.5 Å². The Morgan fingerprint density at radius 3 is 2.63 bits per heavy atom. The third-order valence-electron chi connectivity index (χ3n) is 2.77. The first kappa shape index (κ1) is 13.6. The molecule has 0 saturated heterocycles. The van der Waals surface area contributed by atoms with Crippen molar-refractivity contribution in [3.05, 3.63) is 59.4 Å². The number of pyridine rings is 1. The van der Waals surface area contributed by atoms with E-state index in [1.807, 2.05) is 30.3 Å². The number of carboxylic acids is 1. The predicted molar refractivity (Wildman–Crippen MR) is 76.3 cm³/mol. The molecular weight excluding hydrogens is 258 g/mol. The average Bonchev–Trinajstić information content (AvgIpc) is 2.39. The standard InChI is InChI=1S/C15H15NO2S/c1-11-3-2-8-16-14(11)10-19-13-6-4-12(5-7-13)9-15(17)18/h2-8H,9-10H2,1H3,(H,17,18). The highest BCUT2D eigenvalue weighted by atomic mass is 32.2. The summed E-state index contributed by atoms with van der Waals surface area (Å²) in [6, 6.07) is 11.6. The molecular formula is C15H15NO2S. The third-order valence-corrected chi connectivity index (χ3v) is 3.80. The first-order valence-corrected chi connectivity index (χ1v) is 6.98. The van der Waals surface area contributed by atoms with Crippen LogP contribution in [0, 0.1) is 6.92 Å². The summed E-state index contributed by atoms with van der Waals surface area (Å²) in [7, 11) is 0. The second kappa shape index (κ2) is 6.38. The summed E-state index contributed by atoms with van der Waals surface area (Å²) < 4.78 is 0. The smallest absolute Gasteiger partial charge is 0.307 e. The fourth-order valence-electron chi connectivity index (χ4n) is 1.70. The minimum atomic E-state index is -0.801. The topological polar surface area (TPSA) is 50.2 Å². The molecule has 0 atom stereocenters. The average molecular weight is 273 g/mol. The summed E-state index contributed by atoms with van der Waals surface area (Å²) in [6.45, 7) is 2.05. The van der Waals surface area contributed by atoms with E-state index < -0.39 is 5.97 Å². The SMILES string of the molecule is Cc1cccnc1CSc1ccc(CC(=O)O)cc1. The molecule has 0 saturated carbocycles. The molecule has 0 aliphatic heterocycles. The Labute approximate surface area is 116 Å². The van der Waals surface area contributed by atoms with E-state index in [2.05, 4.69) is 18.0 Å². The summed E-state index contributed by atoms with van der Waals surface area (Å²) in [5.41, 5.74) is 3.10. The Morgan fingerprint density at radius 2 is 2.00 bits per heavy atom. The van der Waals surface area contributed by atoms with Crippen molar-refractivity contribution in [3.8, 4) is 0 Å². The van der Waals surface area contributed by atoms with E-state index >= 15 is 0 Å². The maximum absolute atomic E-state index is 10.6. The number of benzene rings is 1. The van der Waals surface area contributed by atoms with Crippen molar-refractivity contribution in [2.24, 2.45) is 0 Å². The van der Waals surface area contributed by atoms with Gasteiger partial charge in [0.25, 0.3) is 0 Å². The molecule has 1 heterocycles. The minimum absolute atomic E-state index is 0.0737. The zero-order valence-corrected chi connectivity index (χ0v) is 11.5. The van der Waals surface area contributed by atoms with Crippen molar-refractivity contribution in [1.29, 1.82) is 0 Å². The summed E-state index contributed by atoms with van der Waals surface area (Å²) in [4.78, 5) is 16.1. The quantitative estimate of drug-likeness (QED) is 0.849. The van der Waals surface area contributed by atoms with E-state index in [0.29, 0.717) is 0 Å². The normalized spacial score (nSPS) is 10.4. The van der Waals surface area contributed by atoms with Gasteiger partial charge in [-0.25, -0.2) is 0 Å². The van der Waals surface area contributed by atoms with Gasteiger partial charge in [0.1, 0.15) is 0 Å². The van der Waals surface area contributed by atoms with Gasteiger partial charge in [0.05, 0.1) is 12.1 Å². The molecule has 0 spiro atoms. The van der Waals surface area contributed by atoms with E-state index in [1.54, 1.807) is 18.0 Å². The lowest BCUT2D eigenvalue weighted by molar-refractivity contribution is -0.136. The van der Waals surface area contributed by atoms with Crippen LogP contribution in [0.1, 0.15) is 16.8 Å². The molecule has 3 nitrogen and oxygen atoms in total. The van der Waals surface area contributed by atoms with Crippen molar-refractivity contribution in [1.82, 2.24) is 4.98 Å². The monoisotopic (exact) mass is 273 g/mol. The van der Waals surface area contributed by atoms with Crippen LogP contribution in [0.25, 0.3) is 0 Å². The van der Waals surface area contributed by atoms with Crippen LogP contribution in [-0.4, -0.2) is 16.1 Å². The highest BCUT2D eigenvalue weighted by molar-refractivity contribution is 7.98. The molecule has 2 aromatic rings. The zero-order chi connectivity index (χ0) is 13.7. The molecule has 1 N–H and O–H groups in total. The van der Waals surface area contributed by atoms with Gasteiger partial charge in [-0.1, -0.05) is 18.2 Å². The molecule has 4 heteroatoms. The van der Waals surface area contributed by atoms with Crippen molar-refractivity contribution < 1.29 is 9.90 Å². The second-order valence-corrected chi connectivity index (χ2v) is 5.32. The number of carbonyl (C=O) groups is 1. The molecule has 2 rings (SSSR count). The van der Waals surface area contributed by atoms with Crippen LogP contribution in [0.5, 0.6) is 0 Å². The zero-order valence-electron chi connectivity index (χ0n) is 10.7. The molecule has 0 unspecified atom stereocenters. The van der Waals surface area contributed by atoms with Gasteiger partial charge in [-0.15, -0.1) is 11.8 Å². The lowest BCUT2D eigenvalue weighted by Gasteiger charge is -2.05. The maximum Gasteiger partial charge on any atom is 0.307 e. The number of hydrogen-bond acceptors (Lipinski definition) is 3. The molecule has 0 amide bonds. The first-order valence-electron chi connectivity index (χ1n) is 5.99. The lowest BCUT2D eigenvalue weighted by atomic mass is 10.2. The minimum Gasteiger partial charge on any atom is -0.481 e. The molecule has 0 radical (unpaired) electrons. The second-order valence-electron chi connectivity index (χ2n) is 4.27. The van der Waals surface area contributed by atoms with E-state index in [4.69, 9.17) is 5.11 Å². The van der Waals surface area contributed by atoms with Gasteiger partial charge in [-0.3, -0.25) is 9.78 Å². The molecule has 0 bridgehead atoms. The van der Waals surface area contributed by atoms with E-state index in [1.165, 1.54) is 5.56 Å². The molecule has 98 valence electrons. The largest absolute Gasteiger partial charge is 0.481 e. The van der Waals surface area contributed by atoms with Gasteiger partial charge in [-0.2, -0.15) is 0 Å². The van der Waals surface area contributed by atoms with Crippen molar-refractivity contribution in [2.45, 2.75) is 24.0 Å². The Bertz CT molecular complexity index is 567. The first-order chi connectivity index (χ1) is 9.15.